The Balaban J connectivity index is -0.000000350. The van der Waals surface area contributed by atoms with Crippen molar-refractivity contribution in [3.8, 4) is 0 Å². The van der Waals surface area contributed by atoms with E-state index in [2.05, 4.69) is 125 Å². The Morgan fingerprint density at radius 3 is 0.517 bits per heavy atom. The van der Waals surface area contributed by atoms with Crippen LogP contribution < -0.4 is 0 Å². The molecular formula is C24H54Cl2Ge3. The molecule has 0 saturated heterocycles. The van der Waals surface area contributed by atoms with E-state index in [1.54, 1.807) is 0 Å². The average molecular weight is 631 g/mol. The average Bonchev–Trinajstić information content (AvgIpc) is 2.29. The topological polar surface area (TPSA) is 0 Å². The standard InChI is InChI=1S/2C8H18ClGe.C8H18Ge/c2*1-7(2,3)10(9)8(4,5)6;1-7(2,3)9-8(4,5)6/h2*1-6H3;1-6H3. The van der Waals surface area contributed by atoms with Crippen molar-refractivity contribution in [2.45, 2.75) is 150 Å². The van der Waals surface area contributed by atoms with Crippen molar-refractivity contribution in [2.24, 2.45) is 0 Å². The molecule has 0 aliphatic heterocycles. The molecular weight excluding hydrogens is 577 g/mol. The van der Waals surface area contributed by atoms with Gasteiger partial charge in [0.15, 0.2) is 0 Å². The fraction of sp³-hybridized carbons (Fsp3) is 1.00. The SMILES string of the molecule is C[C](C)(C)[Ge]([Cl])[C](C)(C)C.C[C](C)(C)[Ge]([Cl])[C](C)(C)C.C[C](C)(C)[Ge][C](C)(C)C. The van der Waals surface area contributed by atoms with Crippen LogP contribution in [0.5, 0.6) is 0 Å². The predicted molar refractivity (Wildman–Crippen MR) is 147 cm³/mol. The minimum atomic E-state index is -1.38. The van der Waals surface area contributed by atoms with Crippen LogP contribution in [0.3, 0.4) is 0 Å². The normalized spacial score (nSPS) is 14.3. The maximum atomic E-state index is 6.40. The summed E-state index contributed by atoms with van der Waals surface area (Å²) in [4.78, 5) is 0. The van der Waals surface area contributed by atoms with Gasteiger partial charge in [-0.25, -0.2) is 0 Å². The van der Waals surface area contributed by atoms with Crippen LogP contribution in [-0.2, 0) is 0 Å². The second kappa shape index (κ2) is 12.6. The van der Waals surface area contributed by atoms with Gasteiger partial charge in [0.05, 0.1) is 0 Å². The first kappa shape index (κ1) is 35.8. The van der Waals surface area contributed by atoms with Gasteiger partial charge in [-0.3, -0.25) is 0 Å². The third kappa shape index (κ3) is 23.2. The van der Waals surface area contributed by atoms with E-state index in [1.807, 2.05) is 0 Å². The first-order valence-corrected chi connectivity index (χ1v) is 22.7. The molecule has 0 heterocycles. The van der Waals surface area contributed by atoms with E-state index in [0.717, 1.165) is 0 Å². The van der Waals surface area contributed by atoms with Crippen molar-refractivity contribution in [3.63, 3.8) is 0 Å². The summed E-state index contributed by atoms with van der Waals surface area (Å²) >= 11 is -2.54. The van der Waals surface area contributed by atoms with Crippen molar-refractivity contribution < 1.29 is 0 Å². The van der Waals surface area contributed by atoms with E-state index in [4.69, 9.17) is 20.0 Å². The molecule has 4 radical (unpaired) electrons. The summed E-state index contributed by atoms with van der Waals surface area (Å²) in [6.07, 6.45) is 0. The van der Waals surface area contributed by atoms with Crippen molar-refractivity contribution in [1.29, 1.82) is 0 Å². The van der Waals surface area contributed by atoms with Crippen LogP contribution in [0.2, 0.25) is 25.5 Å². The molecule has 0 spiro atoms. The van der Waals surface area contributed by atoms with Gasteiger partial charge in [0, 0.05) is 0 Å². The second-order valence-electron chi connectivity index (χ2n) is 14.3. The van der Waals surface area contributed by atoms with E-state index in [1.165, 1.54) is 0 Å². The Labute approximate surface area is 210 Å². The summed E-state index contributed by atoms with van der Waals surface area (Å²) in [5, 5.41) is 0. The molecule has 5 heteroatoms. The van der Waals surface area contributed by atoms with E-state index in [0.29, 0.717) is 25.5 Å². The van der Waals surface area contributed by atoms with Crippen LogP contribution in [0.4, 0.5) is 0 Å². The van der Waals surface area contributed by atoms with Gasteiger partial charge < -0.3 is 0 Å². The quantitative estimate of drug-likeness (QED) is 0.234. The number of hydrogen-bond acceptors (Lipinski definition) is 0. The van der Waals surface area contributed by atoms with E-state index in [9.17, 15) is 0 Å². The van der Waals surface area contributed by atoms with Crippen LogP contribution in [0.1, 0.15) is 125 Å². The molecule has 0 unspecified atom stereocenters. The molecule has 0 atom stereocenters. The summed E-state index contributed by atoms with van der Waals surface area (Å²) in [7, 11) is 12.8. The zero-order valence-corrected chi connectivity index (χ0v) is 31.1. The molecule has 0 aromatic heterocycles. The maximum absolute atomic E-state index is 6.40. The first-order chi connectivity index (χ1) is 12.0. The molecule has 0 saturated carbocycles. The Kier molecular flexibility index (Phi) is 15.6. The monoisotopic (exact) mass is 634 g/mol. The van der Waals surface area contributed by atoms with Gasteiger partial charge in [0.25, 0.3) is 0 Å². The summed E-state index contributed by atoms with van der Waals surface area (Å²) < 4.78 is 2.72. The van der Waals surface area contributed by atoms with Crippen LogP contribution in [-0.4, -0.2) is 42.3 Å². The van der Waals surface area contributed by atoms with E-state index < -0.39 is 26.8 Å². The van der Waals surface area contributed by atoms with Crippen molar-refractivity contribution in [1.82, 2.24) is 0 Å². The van der Waals surface area contributed by atoms with Crippen LogP contribution in [0.15, 0.2) is 0 Å². The van der Waals surface area contributed by atoms with Gasteiger partial charge in [-0.15, -0.1) is 0 Å². The van der Waals surface area contributed by atoms with Crippen LogP contribution in [0.25, 0.3) is 0 Å². The summed E-state index contributed by atoms with van der Waals surface area (Å²) in [6.45, 7) is 41.1. The number of hydrogen-bond donors (Lipinski definition) is 0. The van der Waals surface area contributed by atoms with Crippen molar-refractivity contribution in [2.75, 3.05) is 0 Å². The fourth-order valence-corrected chi connectivity index (χ4v) is 17.5. The second-order valence-corrected chi connectivity index (χ2v) is 40.2. The zero-order chi connectivity index (χ0) is 24.9. The molecule has 0 nitrogen and oxygen atoms in total. The summed E-state index contributed by atoms with van der Waals surface area (Å²) in [5.74, 6) is 0. The molecule has 0 N–H and O–H groups in total. The molecule has 0 aliphatic rings. The van der Waals surface area contributed by atoms with Crippen molar-refractivity contribution in [3.05, 3.63) is 0 Å². The molecule has 0 bridgehead atoms. The van der Waals surface area contributed by atoms with Crippen LogP contribution >= 0.6 is 20.0 Å². The molecule has 0 aliphatic carbocycles. The molecule has 0 rings (SSSR count). The Morgan fingerprint density at radius 1 is 0.379 bits per heavy atom. The van der Waals surface area contributed by atoms with Gasteiger partial charge in [0.1, 0.15) is 0 Å². The Hall–Kier alpha value is 2.21. The van der Waals surface area contributed by atoms with E-state index in [-0.39, 0.29) is 15.4 Å². The first-order valence-electron chi connectivity index (χ1n) is 10.9. The Bertz CT molecular complexity index is 364. The predicted octanol–water partition coefficient (Wildman–Crippen LogP) is 10.8. The van der Waals surface area contributed by atoms with Gasteiger partial charge in [0.2, 0.25) is 0 Å². The third-order valence-corrected chi connectivity index (χ3v) is 29.4. The molecule has 29 heavy (non-hydrogen) atoms. The molecule has 0 aromatic carbocycles. The molecule has 0 amide bonds. The van der Waals surface area contributed by atoms with Crippen LogP contribution in [0, 0.1) is 0 Å². The zero-order valence-electron chi connectivity index (χ0n) is 23.3. The van der Waals surface area contributed by atoms with E-state index >= 15 is 0 Å². The molecule has 176 valence electrons. The summed E-state index contributed by atoms with van der Waals surface area (Å²) in [6, 6.07) is 0. The summed E-state index contributed by atoms with van der Waals surface area (Å²) in [5.41, 5.74) is 0. The molecule has 0 fully saturated rings. The van der Waals surface area contributed by atoms with Gasteiger partial charge >= 0.3 is 212 Å². The Morgan fingerprint density at radius 2 is 0.517 bits per heavy atom. The fourth-order valence-electron chi connectivity index (χ4n) is 3.38. The van der Waals surface area contributed by atoms with Crippen molar-refractivity contribution >= 4 is 62.3 Å². The molecule has 0 aromatic rings. The minimum absolute atomic E-state index is 0.208. The van der Waals surface area contributed by atoms with Gasteiger partial charge in [-0.2, -0.15) is 0 Å². The number of rotatable bonds is 0. The third-order valence-electron chi connectivity index (χ3n) is 3.38. The van der Waals surface area contributed by atoms with Gasteiger partial charge in [-0.1, -0.05) is 0 Å². The van der Waals surface area contributed by atoms with Gasteiger partial charge in [-0.05, 0) is 0 Å². The number of halogens is 2.